The largest absolute Gasteiger partial charge is 0.493 e. The number of pyridine rings is 1. The lowest BCUT2D eigenvalue weighted by molar-refractivity contribution is 0.173. The van der Waals surface area contributed by atoms with Gasteiger partial charge in [-0.25, -0.2) is 0 Å². The number of benzene rings is 3. The maximum atomic E-state index is 9.81. The molecule has 1 N–H and O–H groups in total. The summed E-state index contributed by atoms with van der Waals surface area (Å²) in [5.74, 6) is 2.13. The van der Waals surface area contributed by atoms with Crippen LogP contribution in [0, 0.1) is 18.3 Å². The first-order chi connectivity index (χ1) is 24.0. The number of likely N-dealkylation sites (tertiary alicyclic amines) is 2. The van der Waals surface area contributed by atoms with Crippen molar-refractivity contribution in [3.8, 4) is 34.4 Å². The molecule has 0 amide bonds. The molecule has 1 atom stereocenters. The molecular weight excluding hydrogens is 636 g/mol. The summed E-state index contributed by atoms with van der Waals surface area (Å²) < 4.78 is 19.0. The molecule has 1 aromatic heterocycles. The summed E-state index contributed by atoms with van der Waals surface area (Å²) in [6.45, 7) is 8.82. The first-order valence-corrected chi connectivity index (χ1v) is 17.7. The van der Waals surface area contributed by atoms with E-state index < -0.39 is 0 Å². The van der Waals surface area contributed by atoms with E-state index in [0.29, 0.717) is 35.3 Å². The monoisotopic (exact) mass is 680 g/mol. The van der Waals surface area contributed by atoms with E-state index in [2.05, 4.69) is 52.0 Å². The number of hydrogen-bond acceptors (Lipinski definition) is 8. The minimum Gasteiger partial charge on any atom is -0.493 e. The Kier molecular flexibility index (Phi) is 12.0. The minimum atomic E-state index is -0.201. The molecule has 2 fully saturated rings. The lowest BCUT2D eigenvalue weighted by Gasteiger charge is -2.27. The smallest absolute Gasteiger partial charge is 0.142 e. The fourth-order valence-electron chi connectivity index (χ4n) is 6.68. The molecule has 0 radical (unpaired) electrons. The molecule has 2 aliphatic heterocycles. The number of aliphatic hydroxyl groups is 1. The SMILES string of the molecule is Cc1c(COc2cc(OCc3cncc(C#N)c3)c(CN3CCCCC3)cc2Cl)cccc1-c1ccccc1OCCCN1CCC(O)C1. The van der Waals surface area contributed by atoms with Crippen molar-refractivity contribution < 1.29 is 19.3 Å². The van der Waals surface area contributed by atoms with E-state index in [1.807, 2.05) is 30.3 Å². The zero-order chi connectivity index (χ0) is 34.0. The van der Waals surface area contributed by atoms with Crippen LogP contribution >= 0.6 is 11.6 Å². The Hall–Kier alpha value is -4.13. The van der Waals surface area contributed by atoms with Crippen LogP contribution < -0.4 is 14.2 Å². The topological polar surface area (TPSA) is 91.1 Å². The Bertz CT molecular complexity index is 1750. The van der Waals surface area contributed by atoms with Crippen LogP contribution in [0.4, 0.5) is 0 Å². The summed E-state index contributed by atoms with van der Waals surface area (Å²) >= 11 is 6.86. The van der Waals surface area contributed by atoms with Crippen molar-refractivity contribution >= 4 is 11.6 Å². The first kappa shape index (κ1) is 34.7. The third kappa shape index (κ3) is 9.31. The average Bonchev–Trinajstić information content (AvgIpc) is 3.55. The molecule has 256 valence electrons. The highest BCUT2D eigenvalue weighted by Gasteiger charge is 2.20. The lowest BCUT2D eigenvalue weighted by atomic mass is 9.96. The van der Waals surface area contributed by atoms with Gasteiger partial charge in [-0.05, 0) is 80.6 Å². The highest BCUT2D eigenvalue weighted by Crippen LogP contribution is 2.37. The van der Waals surface area contributed by atoms with Crippen molar-refractivity contribution in [3.63, 3.8) is 0 Å². The van der Waals surface area contributed by atoms with Crippen molar-refractivity contribution in [2.24, 2.45) is 0 Å². The van der Waals surface area contributed by atoms with E-state index in [1.165, 1.54) is 19.3 Å². The number of aromatic nitrogens is 1. The predicted octanol–water partition coefficient (Wildman–Crippen LogP) is 7.56. The number of ether oxygens (including phenoxy) is 3. The third-order valence-corrected chi connectivity index (χ3v) is 9.70. The van der Waals surface area contributed by atoms with E-state index in [9.17, 15) is 10.4 Å². The maximum absolute atomic E-state index is 9.81. The standard InChI is InChI=1S/C40H45ClN4O4/c1-29-32(9-7-11-35(29)36-10-3-4-12-38(36)47-18-8-16-45-17-13-34(46)26-45)28-49-40-21-39(48-27-31-19-30(22-42)23-43-24-31)33(20-37(40)41)25-44-14-5-2-6-15-44/h3-4,7,9-12,19-21,23-24,34,46H,2,5-6,8,13-18,25-28H2,1H3. The number of para-hydroxylation sites is 1. The summed E-state index contributed by atoms with van der Waals surface area (Å²) in [5, 5.41) is 19.7. The predicted molar refractivity (Wildman–Crippen MR) is 192 cm³/mol. The molecule has 9 heteroatoms. The molecule has 2 aliphatic rings. The Morgan fingerprint density at radius 2 is 1.67 bits per heavy atom. The van der Waals surface area contributed by atoms with Gasteiger partial charge in [0, 0.05) is 61.3 Å². The third-order valence-electron chi connectivity index (χ3n) is 9.41. The van der Waals surface area contributed by atoms with Gasteiger partial charge in [0.1, 0.15) is 36.5 Å². The van der Waals surface area contributed by atoms with Crippen molar-refractivity contribution in [3.05, 3.63) is 106 Å². The van der Waals surface area contributed by atoms with Crippen LogP contribution in [0.1, 0.15) is 59.9 Å². The van der Waals surface area contributed by atoms with Crippen LogP contribution in [0.25, 0.3) is 11.1 Å². The molecule has 2 saturated heterocycles. The van der Waals surface area contributed by atoms with Gasteiger partial charge in [-0.2, -0.15) is 5.26 Å². The van der Waals surface area contributed by atoms with Crippen LogP contribution in [0.15, 0.2) is 73.1 Å². The van der Waals surface area contributed by atoms with Crippen LogP contribution in [0.3, 0.4) is 0 Å². The average molecular weight is 681 g/mol. The second kappa shape index (κ2) is 17.0. The second-order valence-corrected chi connectivity index (χ2v) is 13.4. The lowest BCUT2D eigenvalue weighted by Crippen LogP contribution is -2.29. The van der Waals surface area contributed by atoms with Crippen molar-refractivity contribution in [1.29, 1.82) is 5.26 Å². The van der Waals surface area contributed by atoms with Gasteiger partial charge in [-0.3, -0.25) is 9.88 Å². The molecule has 6 rings (SSSR count). The van der Waals surface area contributed by atoms with Gasteiger partial charge in [0.2, 0.25) is 0 Å². The number of hydrogen-bond donors (Lipinski definition) is 1. The van der Waals surface area contributed by atoms with Crippen LogP contribution in [0.5, 0.6) is 17.2 Å². The maximum Gasteiger partial charge on any atom is 0.142 e. The molecule has 8 nitrogen and oxygen atoms in total. The van der Waals surface area contributed by atoms with Crippen molar-refractivity contribution in [2.45, 2.75) is 64.9 Å². The van der Waals surface area contributed by atoms with Crippen molar-refractivity contribution in [1.82, 2.24) is 14.8 Å². The fourth-order valence-corrected chi connectivity index (χ4v) is 6.92. The van der Waals surface area contributed by atoms with Crippen LogP contribution in [-0.2, 0) is 19.8 Å². The molecule has 0 spiro atoms. The van der Waals surface area contributed by atoms with Gasteiger partial charge in [-0.1, -0.05) is 54.4 Å². The number of nitrogens with zero attached hydrogens (tertiary/aromatic N) is 4. The molecule has 0 saturated carbocycles. The molecule has 0 aliphatic carbocycles. The summed E-state index contributed by atoms with van der Waals surface area (Å²) in [6, 6.07) is 22.2. The number of piperidine rings is 1. The van der Waals surface area contributed by atoms with Gasteiger partial charge < -0.3 is 24.2 Å². The summed E-state index contributed by atoms with van der Waals surface area (Å²) in [5.41, 5.74) is 6.64. The molecular formula is C40H45ClN4O4. The van der Waals surface area contributed by atoms with E-state index in [-0.39, 0.29) is 12.7 Å². The number of aliphatic hydroxyl groups excluding tert-OH is 1. The summed E-state index contributed by atoms with van der Waals surface area (Å²) in [7, 11) is 0. The fraction of sp³-hybridized carbons (Fsp3) is 0.400. The molecule has 3 heterocycles. The van der Waals surface area contributed by atoms with E-state index >= 15 is 0 Å². The van der Waals surface area contributed by atoms with E-state index in [4.69, 9.17) is 25.8 Å². The highest BCUT2D eigenvalue weighted by molar-refractivity contribution is 6.32. The zero-order valence-corrected chi connectivity index (χ0v) is 29.0. The Balaban J connectivity index is 1.16. The van der Waals surface area contributed by atoms with Gasteiger partial charge in [0.15, 0.2) is 0 Å². The normalized spacial score (nSPS) is 16.7. The second-order valence-electron chi connectivity index (χ2n) is 13.0. The van der Waals surface area contributed by atoms with Gasteiger partial charge in [0.25, 0.3) is 0 Å². The zero-order valence-electron chi connectivity index (χ0n) is 28.2. The Morgan fingerprint density at radius 1 is 0.857 bits per heavy atom. The van der Waals surface area contributed by atoms with Gasteiger partial charge in [-0.15, -0.1) is 0 Å². The number of β-amino-alcohol motifs (C(OH)–C–C–N with tert-alkyl or cyclic N) is 1. The molecule has 0 bridgehead atoms. The number of halogens is 1. The molecule has 4 aromatic rings. The summed E-state index contributed by atoms with van der Waals surface area (Å²) in [4.78, 5) is 8.92. The van der Waals surface area contributed by atoms with Gasteiger partial charge in [0.05, 0.1) is 23.3 Å². The highest BCUT2D eigenvalue weighted by atomic mass is 35.5. The van der Waals surface area contributed by atoms with E-state index in [1.54, 1.807) is 18.5 Å². The summed E-state index contributed by atoms with van der Waals surface area (Å²) in [6.07, 6.45) is 8.47. The van der Waals surface area contributed by atoms with Crippen molar-refractivity contribution in [2.75, 3.05) is 39.3 Å². The van der Waals surface area contributed by atoms with Crippen LogP contribution in [-0.4, -0.2) is 65.3 Å². The first-order valence-electron chi connectivity index (χ1n) is 17.3. The Labute approximate surface area is 294 Å². The van der Waals surface area contributed by atoms with Crippen LogP contribution in [0.2, 0.25) is 5.02 Å². The number of rotatable bonds is 14. The number of nitriles is 1. The Morgan fingerprint density at radius 3 is 2.49 bits per heavy atom. The molecule has 1 unspecified atom stereocenters. The van der Waals surface area contributed by atoms with Gasteiger partial charge >= 0.3 is 0 Å². The quantitative estimate of drug-likeness (QED) is 0.137. The minimum absolute atomic E-state index is 0.201. The molecule has 3 aromatic carbocycles. The molecule has 49 heavy (non-hydrogen) atoms. The van der Waals surface area contributed by atoms with E-state index in [0.717, 1.165) is 91.2 Å².